The highest BCUT2D eigenvalue weighted by Gasteiger charge is 2.38. The topological polar surface area (TPSA) is 77.1 Å². The Kier molecular flexibility index (Phi) is 4.39. The number of aromatic nitrogens is 3. The number of amides is 2. The number of rotatable bonds is 3. The van der Waals surface area contributed by atoms with Gasteiger partial charge in [0.25, 0.3) is 0 Å². The fourth-order valence-electron chi connectivity index (χ4n) is 4.28. The lowest BCUT2D eigenvalue weighted by molar-refractivity contribution is -0.143. The van der Waals surface area contributed by atoms with Gasteiger partial charge in [-0.25, -0.2) is 4.79 Å². The number of benzene rings is 1. The average molecular weight is 416 g/mol. The van der Waals surface area contributed by atoms with E-state index in [1.54, 1.807) is 17.3 Å². The molecule has 0 bridgehead atoms. The minimum absolute atomic E-state index is 0.219. The van der Waals surface area contributed by atoms with E-state index in [0.717, 1.165) is 27.7 Å². The minimum atomic E-state index is -4.23. The highest BCUT2D eigenvalue weighted by Crippen LogP contribution is 2.34. The first-order valence-electron chi connectivity index (χ1n) is 9.65. The summed E-state index contributed by atoms with van der Waals surface area (Å²) in [7, 11) is 0. The van der Waals surface area contributed by atoms with Gasteiger partial charge in [0.05, 0.1) is 12.1 Å². The highest BCUT2D eigenvalue weighted by molar-refractivity contribution is 6.00. The zero-order chi connectivity index (χ0) is 20.9. The summed E-state index contributed by atoms with van der Waals surface area (Å²) in [6.45, 7) is -0.0527. The second kappa shape index (κ2) is 6.98. The number of carbonyl (C=O) groups excluding carboxylic acids is 1. The van der Waals surface area contributed by atoms with Gasteiger partial charge in [0.1, 0.15) is 5.69 Å². The van der Waals surface area contributed by atoms with Gasteiger partial charge < -0.3 is 10.2 Å². The lowest BCUT2D eigenvalue weighted by Crippen LogP contribution is -2.46. The molecule has 5 rings (SSSR count). The van der Waals surface area contributed by atoms with Gasteiger partial charge in [0.15, 0.2) is 0 Å². The molecule has 4 heterocycles. The standard InChI is InChI=1S/C20H19F3N6O/c21-20(22,23)11-28-5-3-14(10-28)29-9-13-6-15-17(7-16(13)25-19(29)30)26-27-18(15)12-2-1-4-24-8-12/h1-2,4,6-8,14H,3,5,9-11H2,(H,25,30)(H,26,27). The number of hydrogen-bond acceptors (Lipinski definition) is 4. The van der Waals surface area contributed by atoms with Gasteiger partial charge in [0.2, 0.25) is 0 Å². The molecule has 2 aliphatic heterocycles. The van der Waals surface area contributed by atoms with Crippen molar-refractivity contribution in [3.63, 3.8) is 0 Å². The number of carbonyl (C=O) groups is 1. The Labute approximate surface area is 169 Å². The summed E-state index contributed by atoms with van der Waals surface area (Å²) in [5.74, 6) is 0. The van der Waals surface area contributed by atoms with Crippen LogP contribution in [-0.4, -0.2) is 62.9 Å². The van der Waals surface area contributed by atoms with E-state index in [1.165, 1.54) is 4.90 Å². The lowest BCUT2D eigenvalue weighted by Gasteiger charge is -2.34. The fraction of sp³-hybridized carbons (Fsp3) is 0.350. The summed E-state index contributed by atoms with van der Waals surface area (Å²) in [6.07, 6.45) is -0.289. The lowest BCUT2D eigenvalue weighted by atomic mass is 10.0. The Bertz CT molecular complexity index is 1100. The Morgan fingerprint density at radius 2 is 2.13 bits per heavy atom. The number of nitrogens with one attached hydrogen (secondary N) is 2. The third-order valence-corrected chi connectivity index (χ3v) is 5.66. The first kappa shape index (κ1) is 18.9. The largest absolute Gasteiger partial charge is 0.401 e. The molecule has 10 heteroatoms. The molecule has 2 aliphatic rings. The highest BCUT2D eigenvalue weighted by atomic mass is 19.4. The number of halogens is 3. The molecular weight excluding hydrogens is 397 g/mol. The number of aromatic amines is 1. The van der Waals surface area contributed by atoms with Crippen LogP contribution in [0.5, 0.6) is 0 Å². The molecule has 2 aromatic heterocycles. The maximum absolute atomic E-state index is 12.7. The number of nitrogens with zero attached hydrogens (tertiary/aromatic N) is 4. The number of anilines is 1. The van der Waals surface area contributed by atoms with E-state index in [1.807, 2.05) is 24.3 Å². The van der Waals surface area contributed by atoms with Crippen molar-refractivity contribution in [1.82, 2.24) is 25.0 Å². The number of likely N-dealkylation sites (tertiary alicyclic amines) is 1. The minimum Gasteiger partial charge on any atom is -0.316 e. The van der Waals surface area contributed by atoms with Crippen LogP contribution >= 0.6 is 0 Å². The molecule has 156 valence electrons. The molecule has 1 aromatic carbocycles. The second-order valence-electron chi connectivity index (χ2n) is 7.72. The number of pyridine rings is 1. The predicted molar refractivity (Wildman–Crippen MR) is 105 cm³/mol. The van der Waals surface area contributed by atoms with Gasteiger partial charge in [-0.05, 0) is 36.2 Å². The number of alkyl halides is 3. The van der Waals surface area contributed by atoms with E-state index in [-0.39, 0.29) is 18.6 Å². The average Bonchev–Trinajstić information content (AvgIpc) is 3.32. The van der Waals surface area contributed by atoms with Crippen LogP contribution < -0.4 is 5.32 Å². The smallest absolute Gasteiger partial charge is 0.316 e. The van der Waals surface area contributed by atoms with Gasteiger partial charge in [-0.1, -0.05) is 0 Å². The van der Waals surface area contributed by atoms with E-state index < -0.39 is 12.7 Å². The fourth-order valence-corrected chi connectivity index (χ4v) is 4.28. The van der Waals surface area contributed by atoms with Crippen LogP contribution in [0.25, 0.3) is 22.2 Å². The Morgan fingerprint density at radius 1 is 1.27 bits per heavy atom. The maximum Gasteiger partial charge on any atom is 0.401 e. The summed E-state index contributed by atoms with van der Waals surface area (Å²) in [5, 5.41) is 11.2. The molecule has 0 spiro atoms. The SMILES string of the molecule is O=C1Nc2cc3[nH]nc(-c4cccnc4)c3cc2CN1C1CCN(CC(F)(F)F)C1. The van der Waals surface area contributed by atoms with Crippen molar-refractivity contribution in [2.24, 2.45) is 0 Å². The van der Waals surface area contributed by atoms with E-state index >= 15 is 0 Å². The molecular formula is C20H19F3N6O. The van der Waals surface area contributed by atoms with Crippen molar-refractivity contribution in [2.45, 2.75) is 25.2 Å². The summed E-state index contributed by atoms with van der Waals surface area (Å²) < 4.78 is 38.1. The molecule has 0 radical (unpaired) electrons. The summed E-state index contributed by atoms with van der Waals surface area (Å²) in [6, 6.07) is 7.04. The number of fused-ring (bicyclic) bond motifs is 2. The molecule has 1 unspecified atom stereocenters. The van der Waals surface area contributed by atoms with Crippen LogP contribution in [0.2, 0.25) is 0 Å². The van der Waals surface area contributed by atoms with Crippen LogP contribution in [0, 0.1) is 0 Å². The molecule has 30 heavy (non-hydrogen) atoms. The van der Waals surface area contributed by atoms with Crippen molar-refractivity contribution in [3.8, 4) is 11.3 Å². The van der Waals surface area contributed by atoms with Crippen LogP contribution in [0.4, 0.5) is 23.7 Å². The van der Waals surface area contributed by atoms with Crippen molar-refractivity contribution < 1.29 is 18.0 Å². The summed E-state index contributed by atoms with van der Waals surface area (Å²) in [5.41, 5.74) is 4.03. The summed E-state index contributed by atoms with van der Waals surface area (Å²) in [4.78, 5) is 19.8. The molecule has 3 aromatic rings. The van der Waals surface area contributed by atoms with Crippen LogP contribution in [-0.2, 0) is 6.54 Å². The van der Waals surface area contributed by atoms with E-state index in [0.29, 0.717) is 25.2 Å². The third-order valence-electron chi connectivity index (χ3n) is 5.66. The third kappa shape index (κ3) is 3.47. The Hall–Kier alpha value is -3.14. The molecule has 1 saturated heterocycles. The molecule has 1 fully saturated rings. The van der Waals surface area contributed by atoms with Crippen molar-refractivity contribution in [1.29, 1.82) is 0 Å². The van der Waals surface area contributed by atoms with Gasteiger partial charge in [-0.15, -0.1) is 0 Å². The van der Waals surface area contributed by atoms with E-state index in [9.17, 15) is 18.0 Å². The normalized spacial score (nSPS) is 19.9. The van der Waals surface area contributed by atoms with Gasteiger partial charge >= 0.3 is 12.2 Å². The van der Waals surface area contributed by atoms with E-state index in [2.05, 4.69) is 20.5 Å². The maximum atomic E-state index is 12.7. The quantitative estimate of drug-likeness (QED) is 0.684. The molecule has 0 saturated carbocycles. The molecule has 2 amide bonds. The molecule has 2 N–H and O–H groups in total. The van der Waals surface area contributed by atoms with Crippen molar-refractivity contribution in [2.75, 3.05) is 25.0 Å². The second-order valence-corrected chi connectivity index (χ2v) is 7.72. The van der Waals surface area contributed by atoms with Crippen molar-refractivity contribution >= 4 is 22.6 Å². The molecule has 1 atom stereocenters. The first-order chi connectivity index (χ1) is 14.4. The Balaban J connectivity index is 1.42. The Morgan fingerprint density at radius 3 is 2.90 bits per heavy atom. The monoisotopic (exact) mass is 416 g/mol. The molecule has 7 nitrogen and oxygen atoms in total. The van der Waals surface area contributed by atoms with Crippen LogP contribution in [0.15, 0.2) is 36.7 Å². The van der Waals surface area contributed by atoms with E-state index in [4.69, 9.17) is 0 Å². The van der Waals surface area contributed by atoms with Crippen LogP contribution in [0.1, 0.15) is 12.0 Å². The zero-order valence-electron chi connectivity index (χ0n) is 15.9. The first-order valence-corrected chi connectivity index (χ1v) is 9.65. The molecule has 0 aliphatic carbocycles. The zero-order valence-corrected chi connectivity index (χ0v) is 15.9. The van der Waals surface area contributed by atoms with Gasteiger partial charge in [0, 0.05) is 54.7 Å². The number of H-pyrrole nitrogens is 1. The van der Waals surface area contributed by atoms with Gasteiger partial charge in [-0.2, -0.15) is 18.3 Å². The predicted octanol–water partition coefficient (Wildman–Crippen LogP) is 3.61. The summed E-state index contributed by atoms with van der Waals surface area (Å²) >= 11 is 0. The van der Waals surface area contributed by atoms with Crippen molar-refractivity contribution in [3.05, 3.63) is 42.2 Å². The van der Waals surface area contributed by atoms with Gasteiger partial charge in [-0.3, -0.25) is 15.0 Å². The number of hydrogen-bond donors (Lipinski definition) is 2. The van der Waals surface area contributed by atoms with Crippen LogP contribution in [0.3, 0.4) is 0 Å². The number of urea groups is 1.